The molecular weight excluding hydrogens is 733 g/mol. The number of nitrogens with zero attached hydrogens (tertiary/aromatic N) is 2. The van der Waals surface area contributed by atoms with Crippen LogP contribution in [0.1, 0.15) is 52.7 Å². The van der Waals surface area contributed by atoms with Crippen LogP contribution in [-0.4, -0.2) is 0 Å². The summed E-state index contributed by atoms with van der Waals surface area (Å²) >= 11 is 0. The topological polar surface area (TPSA) is 32.8 Å². The van der Waals surface area contributed by atoms with Gasteiger partial charge in [-0.25, -0.2) is 0 Å². The van der Waals surface area contributed by atoms with Crippen LogP contribution in [0.5, 0.6) is 0 Å². The second kappa shape index (κ2) is 14.4. The molecule has 294 valence electrons. The maximum atomic E-state index is 6.21. The quantitative estimate of drug-likeness (QED) is 0.161. The van der Waals surface area contributed by atoms with Gasteiger partial charge >= 0.3 is 0 Å². The van der Waals surface area contributed by atoms with Crippen LogP contribution in [-0.2, 0) is 10.8 Å². The highest BCUT2D eigenvalue weighted by molar-refractivity contribution is 6.07. The van der Waals surface area contributed by atoms with Gasteiger partial charge < -0.3 is 18.6 Å². The molecule has 4 nitrogen and oxygen atoms in total. The van der Waals surface area contributed by atoms with Crippen molar-refractivity contribution >= 4 is 78.0 Å². The Hall–Kier alpha value is -7.04. The molecule has 60 heavy (non-hydrogen) atoms. The van der Waals surface area contributed by atoms with Gasteiger partial charge in [0, 0.05) is 55.7 Å². The van der Waals surface area contributed by atoms with Crippen LogP contribution in [0.3, 0.4) is 0 Å². The lowest BCUT2D eigenvalue weighted by Gasteiger charge is -2.27. The van der Waals surface area contributed by atoms with Gasteiger partial charge in [0.1, 0.15) is 22.3 Å². The fraction of sp³-hybridized carbons (Fsp3) is 0.143. The summed E-state index contributed by atoms with van der Waals surface area (Å²) in [7, 11) is 0. The van der Waals surface area contributed by atoms with E-state index >= 15 is 0 Å². The SMILES string of the molecule is CC(C)(C)c1ccc(N(c2ccc(-c3ccc(N(c4ccc(C(C)(C)C)cc4)c4ccc5oc6ccccc6c5c4)cc3)cc2)c2ccc3oc4ccccc4c3c2)cc1. The van der Waals surface area contributed by atoms with Gasteiger partial charge in [0.2, 0.25) is 0 Å². The van der Waals surface area contributed by atoms with Crippen LogP contribution in [0.15, 0.2) is 191 Å². The monoisotopic (exact) mass is 780 g/mol. The van der Waals surface area contributed by atoms with Crippen LogP contribution < -0.4 is 9.80 Å². The van der Waals surface area contributed by atoms with Crippen molar-refractivity contribution in [1.82, 2.24) is 0 Å². The van der Waals surface area contributed by atoms with Gasteiger partial charge in [-0.1, -0.05) is 126 Å². The van der Waals surface area contributed by atoms with E-state index < -0.39 is 0 Å². The molecule has 0 spiro atoms. The number of rotatable bonds is 7. The number of anilines is 6. The third-order valence-electron chi connectivity index (χ3n) is 11.8. The van der Waals surface area contributed by atoms with E-state index in [1.807, 2.05) is 24.3 Å². The van der Waals surface area contributed by atoms with E-state index in [1.54, 1.807) is 0 Å². The molecule has 0 radical (unpaired) electrons. The van der Waals surface area contributed by atoms with Crippen molar-refractivity contribution < 1.29 is 8.83 Å². The maximum Gasteiger partial charge on any atom is 0.135 e. The van der Waals surface area contributed by atoms with Crippen molar-refractivity contribution in [2.24, 2.45) is 0 Å². The van der Waals surface area contributed by atoms with Crippen molar-refractivity contribution in [3.8, 4) is 11.1 Å². The van der Waals surface area contributed by atoms with Crippen LogP contribution in [0.25, 0.3) is 55.0 Å². The molecule has 2 heterocycles. The van der Waals surface area contributed by atoms with Gasteiger partial charge in [-0.2, -0.15) is 0 Å². The van der Waals surface area contributed by atoms with E-state index in [4.69, 9.17) is 8.83 Å². The predicted molar refractivity (Wildman–Crippen MR) is 253 cm³/mol. The standard InChI is InChI=1S/C56H48N2O2/c1-55(2,3)39-19-27-43(28-20-39)57(45-31-33-53-49(35-45)47-11-7-9-13-51(47)59-53)41-23-15-37(16-24-41)38-17-25-42(26-18-38)58(44-29-21-40(22-30-44)56(4,5)6)46-32-34-54-50(36-46)48-12-8-10-14-52(48)60-54/h7-36H,1-6H3. The minimum absolute atomic E-state index is 0.0609. The Morgan fingerprint density at radius 2 is 0.600 bits per heavy atom. The molecule has 0 unspecified atom stereocenters. The molecule has 0 amide bonds. The molecule has 0 atom stereocenters. The van der Waals surface area contributed by atoms with E-state index in [0.717, 1.165) is 89.1 Å². The zero-order valence-electron chi connectivity index (χ0n) is 35.0. The Balaban J connectivity index is 1.01. The highest BCUT2D eigenvalue weighted by Gasteiger charge is 2.20. The predicted octanol–water partition coefficient (Wildman–Crippen LogP) is 16.7. The van der Waals surface area contributed by atoms with Crippen molar-refractivity contribution in [1.29, 1.82) is 0 Å². The van der Waals surface area contributed by atoms with Gasteiger partial charge in [0.15, 0.2) is 0 Å². The third-order valence-corrected chi connectivity index (χ3v) is 11.8. The second-order valence-corrected chi connectivity index (χ2v) is 17.9. The first-order valence-electron chi connectivity index (χ1n) is 20.8. The second-order valence-electron chi connectivity index (χ2n) is 17.9. The van der Waals surface area contributed by atoms with E-state index in [9.17, 15) is 0 Å². The molecule has 0 aliphatic rings. The first kappa shape index (κ1) is 37.2. The zero-order chi connectivity index (χ0) is 41.2. The summed E-state index contributed by atoms with van der Waals surface area (Å²) in [5, 5.41) is 4.45. The Kier molecular flexibility index (Phi) is 8.91. The first-order chi connectivity index (χ1) is 29.0. The smallest absolute Gasteiger partial charge is 0.135 e. The molecule has 0 N–H and O–H groups in total. The largest absolute Gasteiger partial charge is 0.456 e. The number of para-hydroxylation sites is 2. The van der Waals surface area contributed by atoms with Crippen molar-refractivity contribution in [2.45, 2.75) is 52.4 Å². The van der Waals surface area contributed by atoms with Gasteiger partial charge in [-0.05, 0) is 130 Å². The molecule has 10 rings (SSSR count). The van der Waals surface area contributed by atoms with Crippen molar-refractivity contribution in [3.63, 3.8) is 0 Å². The number of hydrogen-bond acceptors (Lipinski definition) is 4. The lowest BCUT2D eigenvalue weighted by atomic mass is 9.87. The maximum absolute atomic E-state index is 6.21. The number of hydrogen-bond donors (Lipinski definition) is 0. The minimum atomic E-state index is 0.0609. The Morgan fingerprint density at radius 3 is 0.950 bits per heavy atom. The van der Waals surface area contributed by atoms with E-state index in [1.165, 1.54) is 11.1 Å². The molecular formula is C56H48N2O2. The fourth-order valence-electron chi connectivity index (χ4n) is 8.43. The van der Waals surface area contributed by atoms with Crippen LogP contribution in [0.2, 0.25) is 0 Å². The molecule has 0 saturated heterocycles. The third kappa shape index (κ3) is 6.78. The van der Waals surface area contributed by atoms with E-state index in [-0.39, 0.29) is 10.8 Å². The van der Waals surface area contributed by atoms with Gasteiger partial charge in [-0.3, -0.25) is 0 Å². The van der Waals surface area contributed by atoms with E-state index in [2.05, 4.69) is 209 Å². The average Bonchev–Trinajstić information content (AvgIpc) is 3.82. The Morgan fingerprint density at radius 1 is 0.300 bits per heavy atom. The summed E-state index contributed by atoms with van der Waals surface area (Å²) in [5.41, 5.74) is 15.1. The summed E-state index contributed by atoms with van der Waals surface area (Å²) in [4.78, 5) is 4.67. The van der Waals surface area contributed by atoms with Crippen LogP contribution in [0, 0.1) is 0 Å². The molecule has 2 aromatic heterocycles. The molecule has 10 aromatic rings. The Bertz CT molecular complexity index is 2920. The number of fused-ring (bicyclic) bond motifs is 6. The molecule has 0 aliphatic carbocycles. The molecule has 0 aliphatic heterocycles. The lowest BCUT2D eigenvalue weighted by Crippen LogP contribution is -2.13. The minimum Gasteiger partial charge on any atom is -0.456 e. The molecule has 8 aromatic carbocycles. The van der Waals surface area contributed by atoms with Crippen LogP contribution >= 0.6 is 0 Å². The summed E-state index contributed by atoms with van der Waals surface area (Å²) in [6.07, 6.45) is 0. The van der Waals surface area contributed by atoms with Crippen molar-refractivity contribution in [2.75, 3.05) is 9.80 Å². The van der Waals surface area contributed by atoms with Gasteiger partial charge in [-0.15, -0.1) is 0 Å². The Labute approximate surface area is 351 Å². The van der Waals surface area contributed by atoms with Gasteiger partial charge in [0.05, 0.1) is 0 Å². The molecule has 4 heteroatoms. The summed E-state index contributed by atoms with van der Waals surface area (Å²) < 4.78 is 12.4. The van der Waals surface area contributed by atoms with E-state index in [0.29, 0.717) is 0 Å². The number of benzene rings is 8. The summed E-state index contributed by atoms with van der Waals surface area (Å²) in [6, 6.07) is 65.3. The zero-order valence-corrected chi connectivity index (χ0v) is 35.0. The average molecular weight is 781 g/mol. The highest BCUT2D eigenvalue weighted by Crippen LogP contribution is 2.42. The summed E-state index contributed by atoms with van der Waals surface area (Å²) in [5.74, 6) is 0. The lowest BCUT2D eigenvalue weighted by molar-refractivity contribution is 0.590. The molecule has 0 fully saturated rings. The fourth-order valence-corrected chi connectivity index (χ4v) is 8.43. The number of furan rings is 2. The first-order valence-corrected chi connectivity index (χ1v) is 20.8. The van der Waals surface area contributed by atoms with Gasteiger partial charge in [0.25, 0.3) is 0 Å². The summed E-state index contributed by atoms with van der Waals surface area (Å²) in [6.45, 7) is 13.5. The normalized spacial score (nSPS) is 12.2. The van der Waals surface area contributed by atoms with Crippen LogP contribution in [0.4, 0.5) is 34.1 Å². The highest BCUT2D eigenvalue weighted by atomic mass is 16.3. The molecule has 0 bridgehead atoms. The van der Waals surface area contributed by atoms with Crippen molar-refractivity contribution in [3.05, 3.63) is 193 Å². The molecule has 0 saturated carbocycles.